The molecule has 4 heterocycles. The number of benzene rings is 1. The highest BCUT2D eigenvalue weighted by Crippen LogP contribution is 2.42. The van der Waals surface area contributed by atoms with Crippen LogP contribution in [0.5, 0.6) is 0 Å². The largest absolute Gasteiger partial charge is 0.463 e. The highest BCUT2D eigenvalue weighted by Gasteiger charge is 2.43. The van der Waals surface area contributed by atoms with Crippen LogP contribution in [-0.4, -0.2) is 56.9 Å². The van der Waals surface area contributed by atoms with Gasteiger partial charge in [-0.2, -0.15) is 0 Å². The topological polar surface area (TPSA) is 121 Å². The minimum absolute atomic E-state index is 0.0360. The second-order valence-electron chi connectivity index (χ2n) is 9.74. The van der Waals surface area contributed by atoms with Crippen LogP contribution < -0.4 is 5.32 Å². The Morgan fingerprint density at radius 1 is 1.07 bits per heavy atom. The molecule has 42 heavy (non-hydrogen) atoms. The van der Waals surface area contributed by atoms with Crippen molar-refractivity contribution >= 4 is 46.0 Å². The average molecular weight is 587 g/mol. The Kier molecular flexibility index (Phi) is 9.04. The van der Waals surface area contributed by atoms with E-state index in [1.54, 1.807) is 62.8 Å². The fourth-order valence-corrected chi connectivity index (χ4v) is 5.50. The summed E-state index contributed by atoms with van der Waals surface area (Å²) in [5, 5.41) is 3.29. The fraction of sp³-hybridized carbons (Fsp3) is 0.290. The summed E-state index contributed by atoms with van der Waals surface area (Å²) in [5.74, 6) is -1.30. The molecule has 0 radical (unpaired) electrons. The lowest BCUT2D eigenvalue weighted by atomic mass is 9.75. The molecule has 2 atom stereocenters. The molecule has 10 nitrogen and oxygen atoms in total. The standard InChI is InChI=1S/C31H31ClN6O4/c1-4-42-31(40)29-24(18-41-16-15-38-20(3)36-23-17-33-14-12-25(23)38)35-19(2)27(28(29)21-9-5-6-10-22(21)32)30(39)37-26-11-7-8-13-34-26/h5-14,17,27-28H,4,15-16,18H2,1-3H3,(H,34,37,39). The monoisotopic (exact) mass is 586 g/mol. The van der Waals surface area contributed by atoms with E-state index in [9.17, 15) is 9.59 Å². The molecule has 1 N–H and O–H groups in total. The zero-order chi connectivity index (χ0) is 29.6. The Bertz CT molecular complexity index is 1670. The Labute approximate surface area is 248 Å². The molecule has 1 aliphatic rings. The number of hydrogen-bond donors (Lipinski definition) is 1. The molecule has 1 amide bonds. The molecular formula is C31H31ClN6O4. The van der Waals surface area contributed by atoms with Crippen molar-refractivity contribution in [2.75, 3.05) is 25.1 Å². The lowest BCUT2D eigenvalue weighted by Gasteiger charge is -2.33. The first-order valence-corrected chi connectivity index (χ1v) is 14.0. The van der Waals surface area contributed by atoms with Gasteiger partial charge in [0.1, 0.15) is 17.2 Å². The van der Waals surface area contributed by atoms with Crippen LogP contribution in [0, 0.1) is 12.8 Å². The number of rotatable bonds is 10. The quantitative estimate of drug-likeness (QED) is 0.202. The second-order valence-corrected chi connectivity index (χ2v) is 10.1. The minimum atomic E-state index is -0.844. The number of aryl methyl sites for hydroxylation is 1. The Morgan fingerprint density at radius 2 is 1.88 bits per heavy atom. The summed E-state index contributed by atoms with van der Waals surface area (Å²) in [6.45, 7) is 6.50. The van der Waals surface area contributed by atoms with E-state index in [-0.39, 0.29) is 24.7 Å². The molecule has 1 aliphatic heterocycles. The fourth-order valence-electron chi connectivity index (χ4n) is 5.25. The highest BCUT2D eigenvalue weighted by molar-refractivity contribution is 6.31. The van der Waals surface area contributed by atoms with Gasteiger partial charge in [-0.05, 0) is 50.6 Å². The Balaban J connectivity index is 1.47. The summed E-state index contributed by atoms with van der Waals surface area (Å²) in [6, 6.07) is 14.3. The number of nitrogens with one attached hydrogen (secondary N) is 1. The molecular weight excluding hydrogens is 556 g/mol. The van der Waals surface area contributed by atoms with Crippen molar-refractivity contribution in [3.63, 3.8) is 0 Å². The first-order chi connectivity index (χ1) is 20.4. The number of carbonyl (C=O) groups excluding carboxylic acids is 2. The van der Waals surface area contributed by atoms with E-state index in [1.165, 1.54) is 0 Å². The predicted octanol–water partition coefficient (Wildman–Crippen LogP) is 5.14. The number of hydrogen-bond acceptors (Lipinski definition) is 8. The normalized spacial score (nSPS) is 16.8. The lowest BCUT2D eigenvalue weighted by Crippen LogP contribution is -2.39. The molecule has 5 rings (SSSR count). The van der Waals surface area contributed by atoms with Crippen LogP contribution in [0.15, 0.2) is 83.4 Å². The number of fused-ring (bicyclic) bond motifs is 1. The molecule has 0 aliphatic carbocycles. The van der Waals surface area contributed by atoms with Crippen molar-refractivity contribution in [3.05, 3.63) is 94.8 Å². The zero-order valence-electron chi connectivity index (χ0n) is 23.6. The maximum absolute atomic E-state index is 13.7. The average Bonchev–Trinajstić information content (AvgIpc) is 3.30. The van der Waals surface area contributed by atoms with E-state index in [4.69, 9.17) is 26.1 Å². The van der Waals surface area contributed by atoms with Crippen molar-refractivity contribution in [1.29, 1.82) is 0 Å². The van der Waals surface area contributed by atoms with Crippen molar-refractivity contribution in [2.24, 2.45) is 10.9 Å². The summed E-state index contributed by atoms with van der Waals surface area (Å²) in [4.78, 5) is 44.9. The van der Waals surface area contributed by atoms with Gasteiger partial charge in [-0.1, -0.05) is 35.9 Å². The summed E-state index contributed by atoms with van der Waals surface area (Å²) in [6.07, 6.45) is 5.05. The lowest BCUT2D eigenvalue weighted by molar-refractivity contribution is -0.139. The number of nitrogens with zero attached hydrogens (tertiary/aromatic N) is 5. The predicted molar refractivity (Wildman–Crippen MR) is 160 cm³/mol. The Hall–Kier alpha value is -4.41. The van der Waals surface area contributed by atoms with Crippen LogP contribution >= 0.6 is 11.6 Å². The van der Waals surface area contributed by atoms with Gasteiger partial charge < -0.3 is 19.4 Å². The number of halogens is 1. The zero-order valence-corrected chi connectivity index (χ0v) is 24.3. The smallest absolute Gasteiger partial charge is 0.336 e. The summed E-state index contributed by atoms with van der Waals surface area (Å²) < 4.78 is 13.6. The number of ether oxygens (including phenoxy) is 2. The summed E-state index contributed by atoms with van der Waals surface area (Å²) in [5.41, 5.74) is 3.55. The van der Waals surface area contributed by atoms with E-state index in [0.717, 1.165) is 16.9 Å². The summed E-state index contributed by atoms with van der Waals surface area (Å²) in [7, 11) is 0. The molecule has 1 aromatic carbocycles. The first kappa shape index (κ1) is 29.1. The van der Waals surface area contributed by atoms with Gasteiger partial charge in [0.2, 0.25) is 5.91 Å². The molecule has 0 saturated carbocycles. The molecule has 0 fully saturated rings. The van der Waals surface area contributed by atoms with Crippen LogP contribution in [0.2, 0.25) is 5.02 Å². The molecule has 4 aromatic rings. The number of esters is 1. The number of amides is 1. The van der Waals surface area contributed by atoms with Gasteiger partial charge in [0.25, 0.3) is 0 Å². The molecule has 0 bridgehead atoms. The maximum Gasteiger partial charge on any atom is 0.336 e. The Morgan fingerprint density at radius 3 is 2.64 bits per heavy atom. The van der Waals surface area contributed by atoms with E-state index in [1.807, 2.05) is 25.1 Å². The molecule has 216 valence electrons. The van der Waals surface area contributed by atoms with E-state index in [2.05, 4.69) is 24.8 Å². The molecule has 11 heteroatoms. The van der Waals surface area contributed by atoms with E-state index < -0.39 is 17.8 Å². The third kappa shape index (κ3) is 6.09. The molecule has 3 aromatic heterocycles. The van der Waals surface area contributed by atoms with Crippen molar-refractivity contribution in [2.45, 2.75) is 33.2 Å². The van der Waals surface area contributed by atoms with Gasteiger partial charge in [-0.3, -0.25) is 14.8 Å². The van der Waals surface area contributed by atoms with Crippen LogP contribution in [-0.2, 0) is 25.6 Å². The SMILES string of the molecule is CCOC(=O)C1=C(COCCn2c(C)nc3cnccc32)N=C(C)C(C(=O)Nc2ccccn2)C1c1ccccc1Cl. The van der Waals surface area contributed by atoms with Crippen LogP contribution in [0.3, 0.4) is 0 Å². The third-order valence-electron chi connectivity index (χ3n) is 7.09. The molecule has 0 spiro atoms. The maximum atomic E-state index is 13.7. The number of aromatic nitrogens is 4. The molecule has 0 saturated heterocycles. The van der Waals surface area contributed by atoms with Crippen molar-refractivity contribution in [3.8, 4) is 0 Å². The highest BCUT2D eigenvalue weighted by atomic mass is 35.5. The number of pyridine rings is 2. The van der Waals surface area contributed by atoms with Gasteiger partial charge in [-0.15, -0.1) is 0 Å². The van der Waals surface area contributed by atoms with Crippen LogP contribution in [0.1, 0.15) is 31.2 Å². The van der Waals surface area contributed by atoms with E-state index in [0.29, 0.717) is 41.0 Å². The van der Waals surface area contributed by atoms with Crippen LogP contribution in [0.4, 0.5) is 5.82 Å². The number of carbonyl (C=O) groups is 2. The number of imidazole rings is 1. The van der Waals surface area contributed by atoms with Gasteiger partial charge >= 0.3 is 5.97 Å². The minimum Gasteiger partial charge on any atom is -0.463 e. The van der Waals surface area contributed by atoms with E-state index >= 15 is 0 Å². The second kappa shape index (κ2) is 13.1. The molecule has 2 unspecified atom stereocenters. The van der Waals surface area contributed by atoms with Crippen molar-refractivity contribution in [1.82, 2.24) is 19.5 Å². The summed E-state index contributed by atoms with van der Waals surface area (Å²) >= 11 is 6.67. The number of anilines is 1. The van der Waals surface area contributed by atoms with Gasteiger partial charge in [0.05, 0.1) is 48.7 Å². The number of aliphatic imine (C=N–C) groups is 1. The van der Waals surface area contributed by atoms with Gasteiger partial charge in [0.15, 0.2) is 0 Å². The first-order valence-electron chi connectivity index (χ1n) is 13.6. The van der Waals surface area contributed by atoms with Gasteiger partial charge in [0, 0.05) is 35.6 Å². The van der Waals surface area contributed by atoms with Gasteiger partial charge in [-0.25, -0.2) is 14.8 Å². The third-order valence-corrected chi connectivity index (χ3v) is 7.43. The van der Waals surface area contributed by atoms with Crippen LogP contribution in [0.25, 0.3) is 11.0 Å². The van der Waals surface area contributed by atoms with Crippen molar-refractivity contribution < 1.29 is 19.1 Å².